The molecule has 1 unspecified atom stereocenters. The van der Waals surface area contributed by atoms with Crippen LogP contribution in [0, 0.1) is 0 Å². The van der Waals surface area contributed by atoms with E-state index in [9.17, 15) is 8.42 Å². The first-order chi connectivity index (χ1) is 12.1. The maximum Gasteiger partial charge on any atom is 0.199 e. The number of benzene rings is 3. The van der Waals surface area contributed by atoms with Crippen molar-refractivity contribution in [2.45, 2.75) is 4.71 Å². The highest BCUT2D eigenvalue weighted by Crippen LogP contribution is 2.37. The molecule has 0 saturated heterocycles. The molecular weight excluding hydrogens is 352 g/mol. The molecule has 0 N–H and O–H groups in total. The zero-order chi connectivity index (χ0) is 17.7. The van der Waals surface area contributed by atoms with E-state index in [4.69, 9.17) is 11.6 Å². The first-order valence-corrected chi connectivity index (χ1v) is 9.82. The molecule has 0 fully saturated rings. The Morgan fingerprint density at radius 2 is 1.24 bits per heavy atom. The Hall–Kier alpha value is -2.36. The van der Waals surface area contributed by atoms with E-state index in [1.54, 1.807) is 42.5 Å². The summed E-state index contributed by atoms with van der Waals surface area (Å²) in [6.45, 7) is 0. The zero-order valence-electron chi connectivity index (χ0n) is 13.4. The van der Waals surface area contributed by atoms with E-state index in [0.29, 0.717) is 11.1 Å². The van der Waals surface area contributed by atoms with Crippen molar-refractivity contribution in [1.29, 1.82) is 0 Å². The quantitative estimate of drug-likeness (QED) is 0.438. The molecule has 3 rings (SSSR count). The third-order valence-electron chi connectivity index (χ3n) is 3.80. The molecule has 3 aromatic carbocycles. The predicted molar refractivity (Wildman–Crippen MR) is 105 cm³/mol. The fraction of sp³-hybridized carbons (Fsp3) is 0.0476. The molecule has 2 nitrogen and oxygen atoms in total. The van der Waals surface area contributed by atoms with Crippen LogP contribution < -0.4 is 0 Å². The van der Waals surface area contributed by atoms with E-state index in [0.717, 1.165) is 5.56 Å². The summed E-state index contributed by atoms with van der Waals surface area (Å²) in [7, 11) is -3.78. The molecule has 0 aliphatic carbocycles. The Labute approximate surface area is 153 Å². The van der Waals surface area contributed by atoms with E-state index < -0.39 is 14.5 Å². The van der Waals surface area contributed by atoms with Crippen LogP contribution in [-0.2, 0) is 9.84 Å². The first kappa shape index (κ1) is 17.5. The van der Waals surface area contributed by atoms with Crippen LogP contribution in [-0.4, -0.2) is 8.42 Å². The van der Waals surface area contributed by atoms with Crippen LogP contribution in [0.15, 0.2) is 91.0 Å². The van der Waals surface area contributed by atoms with Crippen molar-refractivity contribution in [1.82, 2.24) is 0 Å². The monoisotopic (exact) mass is 368 g/mol. The topological polar surface area (TPSA) is 34.1 Å². The fourth-order valence-electron chi connectivity index (χ4n) is 2.53. The van der Waals surface area contributed by atoms with E-state index >= 15 is 0 Å². The van der Waals surface area contributed by atoms with Gasteiger partial charge < -0.3 is 0 Å². The molecule has 0 aliphatic heterocycles. The van der Waals surface area contributed by atoms with Gasteiger partial charge in [0.2, 0.25) is 0 Å². The van der Waals surface area contributed by atoms with Crippen molar-refractivity contribution in [2.24, 2.45) is 0 Å². The number of rotatable bonds is 5. The Bertz CT molecular complexity index is 951. The summed E-state index contributed by atoms with van der Waals surface area (Å²) < 4.78 is 25.3. The van der Waals surface area contributed by atoms with Crippen molar-refractivity contribution < 1.29 is 8.42 Å². The first-order valence-electron chi connectivity index (χ1n) is 7.84. The third kappa shape index (κ3) is 4.01. The van der Waals surface area contributed by atoms with Crippen LogP contribution in [0.25, 0.3) is 11.0 Å². The van der Waals surface area contributed by atoms with Crippen LogP contribution in [0.3, 0.4) is 0 Å². The van der Waals surface area contributed by atoms with Crippen LogP contribution >= 0.6 is 11.6 Å². The van der Waals surface area contributed by atoms with E-state index in [1.807, 2.05) is 54.6 Å². The van der Waals surface area contributed by atoms with Crippen LogP contribution in [0.1, 0.15) is 21.4 Å². The summed E-state index contributed by atoms with van der Waals surface area (Å²) in [5, 5.41) is 0. The highest BCUT2D eigenvalue weighted by molar-refractivity contribution is 8.02. The Morgan fingerprint density at radius 1 is 0.760 bits per heavy atom. The number of hydrogen-bond acceptors (Lipinski definition) is 2. The smallest absolute Gasteiger partial charge is 0.199 e. The van der Waals surface area contributed by atoms with Gasteiger partial charge in [0.05, 0.1) is 4.91 Å². The molecular formula is C21H17ClO2S. The zero-order valence-corrected chi connectivity index (χ0v) is 15.0. The minimum atomic E-state index is -3.78. The number of hydrogen-bond donors (Lipinski definition) is 0. The van der Waals surface area contributed by atoms with E-state index in [-0.39, 0.29) is 4.91 Å². The average molecular weight is 369 g/mol. The summed E-state index contributed by atoms with van der Waals surface area (Å²) >= 11 is 6.38. The highest BCUT2D eigenvalue weighted by atomic mass is 35.5. The Balaban J connectivity index is 2.13. The molecule has 0 bridgehead atoms. The fourth-order valence-corrected chi connectivity index (χ4v) is 4.46. The summed E-state index contributed by atoms with van der Waals surface area (Å²) in [4.78, 5) is 0.211. The standard InChI is InChI=1S/C21H17ClO2S/c22-21(19-14-8-3-9-15-19)25(23,24)20(18-12-6-2-7-13-18)16-17-10-4-1-5-11-17/h1-16,21H. The SMILES string of the molecule is O=S(=O)(C(=Cc1ccccc1)c1ccccc1)C(Cl)c1ccccc1. The van der Waals surface area contributed by atoms with Gasteiger partial charge in [-0.15, -0.1) is 0 Å². The van der Waals surface area contributed by atoms with Gasteiger partial charge in [-0.25, -0.2) is 8.42 Å². The van der Waals surface area contributed by atoms with Crippen molar-refractivity contribution in [2.75, 3.05) is 0 Å². The van der Waals surface area contributed by atoms with Crippen molar-refractivity contribution in [3.05, 3.63) is 108 Å². The number of alkyl halides is 1. The lowest BCUT2D eigenvalue weighted by atomic mass is 10.1. The second-order valence-corrected chi connectivity index (χ2v) is 8.25. The molecule has 0 heterocycles. The van der Waals surface area contributed by atoms with Gasteiger partial charge in [0.15, 0.2) is 14.5 Å². The Morgan fingerprint density at radius 3 is 1.80 bits per heavy atom. The molecule has 0 spiro atoms. The van der Waals surface area contributed by atoms with E-state index in [1.165, 1.54) is 0 Å². The summed E-state index contributed by atoms with van der Waals surface area (Å²) in [5.74, 6) is 0. The normalized spacial score (nSPS) is 13.4. The van der Waals surface area contributed by atoms with Crippen molar-refractivity contribution in [3.63, 3.8) is 0 Å². The largest absolute Gasteiger partial charge is 0.222 e. The Kier molecular flexibility index (Phi) is 5.37. The van der Waals surface area contributed by atoms with Gasteiger partial charge in [0.1, 0.15) is 0 Å². The van der Waals surface area contributed by atoms with Gasteiger partial charge in [-0.1, -0.05) is 103 Å². The molecule has 0 radical (unpaired) electrons. The molecule has 1 atom stereocenters. The van der Waals surface area contributed by atoms with Crippen molar-refractivity contribution >= 4 is 32.4 Å². The van der Waals surface area contributed by atoms with Crippen LogP contribution in [0.2, 0.25) is 0 Å². The maximum absolute atomic E-state index is 13.2. The van der Waals surface area contributed by atoms with E-state index in [2.05, 4.69) is 0 Å². The van der Waals surface area contributed by atoms with Crippen molar-refractivity contribution in [3.8, 4) is 0 Å². The lowest BCUT2D eigenvalue weighted by Gasteiger charge is -2.15. The summed E-state index contributed by atoms with van der Waals surface area (Å²) in [6.07, 6.45) is 1.67. The molecule has 25 heavy (non-hydrogen) atoms. The highest BCUT2D eigenvalue weighted by Gasteiger charge is 2.30. The van der Waals surface area contributed by atoms with Gasteiger partial charge in [0, 0.05) is 0 Å². The number of halogens is 1. The van der Waals surface area contributed by atoms with Gasteiger partial charge in [-0.2, -0.15) is 0 Å². The minimum absolute atomic E-state index is 0.211. The second-order valence-electron chi connectivity index (χ2n) is 5.56. The average Bonchev–Trinajstić information content (AvgIpc) is 2.67. The molecule has 0 saturated carbocycles. The minimum Gasteiger partial charge on any atom is -0.222 e. The summed E-state index contributed by atoms with van der Waals surface area (Å²) in [5.41, 5.74) is 1.98. The van der Waals surface area contributed by atoms with Gasteiger partial charge in [-0.3, -0.25) is 0 Å². The van der Waals surface area contributed by atoms with Crippen LogP contribution in [0.5, 0.6) is 0 Å². The predicted octanol–water partition coefficient (Wildman–Crippen LogP) is 5.54. The molecule has 3 aromatic rings. The van der Waals surface area contributed by atoms with Gasteiger partial charge >= 0.3 is 0 Å². The molecule has 0 aromatic heterocycles. The molecule has 126 valence electrons. The molecule has 4 heteroatoms. The molecule has 0 amide bonds. The second kappa shape index (κ2) is 7.68. The number of sulfone groups is 1. The summed E-state index contributed by atoms with van der Waals surface area (Å²) in [6, 6.07) is 27.2. The maximum atomic E-state index is 13.2. The van der Waals surface area contributed by atoms with Gasteiger partial charge in [-0.05, 0) is 22.8 Å². The lowest BCUT2D eigenvalue weighted by molar-refractivity contribution is 0.604. The van der Waals surface area contributed by atoms with Crippen LogP contribution in [0.4, 0.5) is 0 Å². The molecule has 0 aliphatic rings. The van der Waals surface area contributed by atoms with Gasteiger partial charge in [0.25, 0.3) is 0 Å². The third-order valence-corrected chi connectivity index (χ3v) is 6.54. The lowest BCUT2D eigenvalue weighted by Crippen LogP contribution is -2.10.